The molecule has 48 valence electrons. The molecule has 0 aromatic heterocycles. The molecule has 0 aliphatic carbocycles. The van der Waals surface area contributed by atoms with E-state index in [0.29, 0.717) is 0 Å². The quantitative estimate of drug-likeness (QED) is 0.340. The molecule has 0 spiro atoms. The van der Waals surface area contributed by atoms with Crippen LogP contribution in [0.2, 0.25) is 0 Å². The number of carboxylic acid groups (broad SMARTS) is 2. The molecule has 0 fully saturated rings. The van der Waals surface area contributed by atoms with Crippen LogP contribution in [0.15, 0.2) is 0 Å². The molecule has 0 aliphatic heterocycles. The summed E-state index contributed by atoms with van der Waals surface area (Å²) in [6, 6.07) is 0. The minimum absolute atomic E-state index is 0. The molecule has 6 N–H and O–H groups in total. The van der Waals surface area contributed by atoms with Gasteiger partial charge in [0.25, 0.3) is 0 Å². The summed E-state index contributed by atoms with van der Waals surface area (Å²) >= 11 is 0. The number of hydrogen-bond acceptors (Lipinski definition) is 1. The molecular formula is CH10AlLiO5. The Morgan fingerprint density at radius 3 is 1.12 bits per heavy atom. The topological polar surface area (TPSA) is 121 Å². The van der Waals surface area contributed by atoms with E-state index in [9.17, 15) is 0 Å². The van der Waals surface area contributed by atoms with Crippen molar-refractivity contribution in [1.82, 2.24) is 0 Å². The Hall–Kier alpha value is 0.320. The van der Waals surface area contributed by atoms with Gasteiger partial charge in [-0.15, -0.1) is 0 Å². The fraction of sp³-hybridized carbons (Fsp3) is 0. The molecule has 0 bridgehead atoms. The van der Waals surface area contributed by atoms with Crippen molar-refractivity contribution in [2.45, 2.75) is 0 Å². The minimum atomic E-state index is -1.83. The van der Waals surface area contributed by atoms with Crippen molar-refractivity contribution in [2.24, 2.45) is 0 Å². The summed E-state index contributed by atoms with van der Waals surface area (Å²) in [4.78, 5) is 8.56. The third-order valence-electron chi connectivity index (χ3n) is 0. The summed E-state index contributed by atoms with van der Waals surface area (Å²) in [5.41, 5.74) is 0. The SMILES string of the molecule is O.O.O=C(O)O.[AlH3].[LiH]. The summed E-state index contributed by atoms with van der Waals surface area (Å²) in [6.45, 7) is 0. The Kier molecular flexibility index (Phi) is 134. The van der Waals surface area contributed by atoms with Gasteiger partial charge in [0.05, 0.1) is 0 Å². The first kappa shape index (κ1) is 40.4. The predicted octanol–water partition coefficient (Wildman–Crippen LogP) is -3.26. The van der Waals surface area contributed by atoms with E-state index in [1.54, 1.807) is 0 Å². The predicted molar refractivity (Wildman–Crippen MR) is 35.0 cm³/mol. The van der Waals surface area contributed by atoms with Gasteiger partial charge < -0.3 is 21.2 Å². The summed E-state index contributed by atoms with van der Waals surface area (Å²) < 4.78 is 0. The molecule has 0 aliphatic rings. The van der Waals surface area contributed by atoms with E-state index in [2.05, 4.69) is 0 Å². The third-order valence-corrected chi connectivity index (χ3v) is 0. The fourth-order valence-electron chi connectivity index (χ4n) is 0. The molecule has 0 radical (unpaired) electrons. The molecule has 0 aromatic carbocycles. The Bertz CT molecular complexity index is 35.4. The van der Waals surface area contributed by atoms with E-state index in [-0.39, 0.29) is 47.2 Å². The van der Waals surface area contributed by atoms with Crippen LogP contribution in [0.25, 0.3) is 0 Å². The van der Waals surface area contributed by atoms with Gasteiger partial charge in [0.2, 0.25) is 0 Å². The van der Waals surface area contributed by atoms with Gasteiger partial charge in [0.15, 0.2) is 17.4 Å². The van der Waals surface area contributed by atoms with Crippen LogP contribution in [0.4, 0.5) is 4.79 Å². The second kappa shape index (κ2) is 26.5. The maximum absolute atomic E-state index is 8.56. The standard InChI is InChI=1S/CH2O3.Al.Li.2H2O.4H/c2-1(3)4;;;;;;;;/h(H2,2,3,4);;;2*1H2;;;;. The van der Waals surface area contributed by atoms with Crippen molar-refractivity contribution in [3.8, 4) is 0 Å². The molecule has 0 unspecified atom stereocenters. The zero-order chi connectivity index (χ0) is 3.58. The average Bonchev–Trinajstić information content (AvgIpc) is 0.811. The van der Waals surface area contributed by atoms with E-state index < -0.39 is 6.16 Å². The second-order valence-electron chi connectivity index (χ2n) is 0.283. The van der Waals surface area contributed by atoms with Gasteiger partial charge in [0.1, 0.15) is 0 Å². The van der Waals surface area contributed by atoms with Gasteiger partial charge in [-0.05, 0) is 0 Å². The van der Waals surface area contributed by atoms with E-state index in [4.69, 9.17) is 15.0 Å². The maximum atomic E-state index is 8.56. The van der Waals surface area contributed by atoms with Gasteiger partial charge >= 0.3 is 25.0 Å². The van der Waals surface area contributed by atoms with Gasteiger partial charge in [0, 0.05) is 0 Å². The zero-order valence-electron chi connectivity index (χ0n) is 2.80. The Labute approximate surface area is 68.6 Å². The van der Waals surface area contributed by atoms with Gasteiger partial charge in [-0.2, -0.15) is 0 Å². The second-order valence-corrected chi connectivity index (χ2v) is 0.283. The van der Waals surface area contributed by atoms with Crippen molar-refractivity contribution in [3.63, 3.8) is 0 Å². The monoisotopic (exact) mass is 136 g/mol. The van der Waals surface area contributed by atoms with E-state index in [1.807, 2.05) is 0 Å². The molecule has 7 heteroatoms. The van der Waals surface area contributed by atoms with Crippen molar-refractivity contribution < 1.29 is 26.0 Å². The molecule has 8 heavy (non-hydrogen) atoms. The van der Waals surface area contributed by atoms with Crippen molar-refractivity contribution in [3.05, 3.63) is 0 Å². The Morgan fingerprint density at radius 2 is 1.12 bits per heavy atom. The number of rotatable bonds is 0. The molecular weight excluding hydrogens is 126 g/mol. The first-order chi connectivity index (χ1) is 1.73. The molecule has 0 saturated heterocycles. The van der Waals surface area contributed by atoms with Crippen LogP contribution in [-0.4, -0.2) is 63.5 Å². The van der Waals surface area contributed by atoms with Crippen molar-refractivity contribution >= 4 is 42.4 Å². The summed E-state index contributed by atoms with van der Waals surface area (Å²) in [6.07, 6.45) is -1.83. The van der Waals surface area contributed by atoms with E-state index in [0.717, 1.165) is 0 Å². The third kappa shape index (κ3) is 1750. The van der Waals surface area contributed by atoms with Crippen LogP contribution in [0.5, 0.6) is 0 Å². The summed E-state index contributed by atoms with van der Waals surface area (Å²) in [5, 5.41) is 13.9. The molecule has 0 atom stereocenters. The van der Waals surface area contributed by atoms with Crippen molar-refractivity contribution in [1.29, 1.82) is 0 Å². The van der Waals surface area contributed by atoms with Gasteiger partial charge in [-0.3, -0.25) is 0 Å². The van der Waals surface area contributed by atoms with E-state index >= 15 is 0 Å². The zero-order valence-corrected chi connectivity index (χ0v) is 2.80. The van der Waals surface area contributed by atoms with Crippen LogP contribution in [0.1, 0.15) is 0 Å². The fourth-order valence-corrected chi connectivity index (χ4v) is 0. The van der Waals surface area contributed by atoms with Crippen LogP contribution in [0, 0.1) is 0 Å². The molecule has 5 nitrogen and oxygen atoms in total. The molecule has 0 aromatic rings. The van der Waals surface area contributed by atoms with Gasteiger partial charge in [-0.1, -0.05) is 0 Å². The van der Waals surface area contributed by atoms with E-state index in [1.165, 1.54) is 0 Å². The Balaban J connectivity index is -0.00000000750. The average molecular weight is 136 g/mol. The van der Waals surface area contributed by atoms with Gasteiger partial charge in [-0.25, -0.2) is 4.79 Å². The van der Waals surface area contributed by atoms with Crippen LogP contribution < -0.4 is 0 Å². The van der Waals surface area contributed by atoms with Crippen molar-refractivity contribution in [2.75, 3.05) is 0 Å². The normalized spacial score (nSPS) is 3.00. The molecule has 0 saturated carbocycles. The molecule has 0 rings (SSSR count). The Morgan fingerprint density at radius 1 is 1.12 bits per heavy atom. The summed E-state index contributed by atoms with van der Waals surface area (Å²) in [7, 11) is 0. The first-order valence-electron chi connectivity index (χ1n) is 0.651. The molecule has 0 heterocycles. The number of carbonyl (C=O) groups is 1. The van der Waals surface area contributed by atoms with Crippen LogP contribution >= 0.6 is 0 Å². The number of hydrogen-bond donors (Lipinski definition) is 2. The summed E-state index contributed by atoms with van der Waals surface area (Å²) in [5.74, 6) is 0. The first-order valence-corrected chi connectivity index (χ1v) is 0.651. The van der Waals surface area contributed by atoms with Crippen LogP contribution in [-0.2, 0) is 0 Å². The molecule has 0 amide bonds. The van der Waals surface area contributed by atoms with Crippen LogP contribution in [0.3, 0.4) is 0 Å².